The predicted octanol–water partition coefficient (Wildman–Crippen LogP) is 2.88. The molecule has 1 saturated carbocycles. The molecule has 0 spiro atoms. The lowest BCUT2D eigenvalue weighted by Crippen LogP contribution is -2.35. The molecule has 2 aromatic heterocycles. The summed E-state index contributed by atoms with van der Waals surface area (Å²) in [5.41, 5.74) is 0.307. The van der Waals surface area contributed by atoms with E-state index >= 15 is 0 Å². The van der Waals surface area contributed by atoms with Gasteiger partial charge in [-0.1, -0.05) is 6.92 Å². The van der Waals surface area contributed by atoms with Crippen molar-refractivity contribution in [2.75, 3.05) is 31.0 Å². The van der Waals surface area contributed by atoms with Crippen molar-refractivity contribution in [3.63, 3.8) is 0 Å². The van der Waals surface area contributed by atoms with E-state index in [1.807, 2.05) is 19.1 Å². The first-order chi connectivity index (χ1) is 16.4. The van der Waals surface area contributed by atoms with E-state index in [2.05, 4.69) is 25.3 Å². The Balaban J connectivity index is 1.51. The standard InChI is InChI=1S/C23H26N6O5/c1-5-14-11-34-22(31)29(14)21-25-12(2)24-20(27-21)28-23(8-9-23)15-10-13-6-7-16(32-3)18(33-4)17(13)26-19(15)30/h6-7,10,14H,5,8-9,11H2,1-4H3,(H,26,30)(H,24,25,27,28)/t14-/m0/s1. The number of aryl methyl sites for hydroxylation is 1. The fraction of sp³-hybridized carbons (Fsp3) is 0.435. The molecule has 1 saturated heterocycles. The van der Waals surface area contributed by atoms with Crippen LogP contribution in [0.25, 0.3) is 10.9 Å². The number of aromatic nitrogens is 4. The Morgan fingerprint density at radius 1 is 1.21 bits per heavy atom. The van der Waals surface area contributed by atoms with Crippen LogP contribution in [0.3, 0.4) is 0 Å². The number of hydrogen-bond donors (Lipinski definition) is 2. The number of cyclic esters (lactones) is 1. The first kappa shape index (κ1) is 21.9. The number of nitrogens with zero attached hydrogens (tertiary/aromatic N) is 4. The van der Waals surface area contributed by atoms with E-state index in [4.69, 9.17) is 14.2 Å². The third-order valence-electron chi connectivity index (χ3n) is 6.36. The van der Waals surface area contributed by atoms with E-state index in [9.17, 15) is 9.59 Å². The number of hydrogen-bond acceptors (Lipinski definition) is 9. The van der Waals surface area contributed by atoms with E-state index in [1.165, 1.54) is 12.0 Å². The van der Waals surface area contributed by atoms with Gasteiger partial charge in [0.1, 0.15) is 12.4 Å². The summed E-state index contributed by atoms with van der Waals surface area (Å²) < 4.78 is 16.0. The monoisotopic (exact) mass is 466 g/mol. The number of H-pyrrole nitrogens is 1. The third-order valence-corrected chi connectivity index (χ3v) is 6.36. The van der Waals surface area contributed by atoms with Crippen molar-refractivity contribution >= 4 is 28.9 Å². The second-order valence-electron chi connectivity index (χ2n) is 8.50. The number of anilines is 2. The lowest BCUT2D eigenvalue weighted by molar-refractivity contribution is 0.178. The first-order valence-electron chi connectivity index (χ1n) is 11.1. The van der Waals surface area contributed by atoms with Crippen LogP contribution in [0.1, 0.15) is 37.6 Å². The molecule has 3 aromatic rings. The van der Waals surface area contributed by atoms with Crippen LogP contribution in [0, 0.1) is 6.92 Å². The Bertz CT molecular complexity index is 1340. The average molecular weight is 466 g/mol. The maximum absolute atomic E-state index is 13.1. The van der Waals surface area contributed by atoms with Gasteiger partial charge in [-0.15, -0.1) is 0 Å². The molecule has 34 heavy (non-hydrogen) atoms. The van der Waals surface area contributed by atoms with Gasteiger partial charge in [0, 0.05) is 10.9 Å². The lowest BCUT2D eigenvalue weighted by Gasteiger charge is -2.21. The van der Waals surface area contributed by atoms with E-state index in [0.717, 1.165) is 18.2 Å². The molecule has 1 aliphatic carbocycles. The number of carbonyl (C=O) groups excluding carboxylic acids is 1. The smallest absolute Gasteiger partial charge is 0.417 e. The van der Waals surface area contributed by atoms with Gasteiger partial charge in [-0.25, -0.2) is 9.69 Å². The molecule has 1 aromatic carbocycles. The molecule has 11 nitrogen and oxygen atoms in total. The Kier molecular flexibility index (Phi) is 5.26. The van der Waals surface area contributed by atoms with E-state index < -0.39 is 11.6 Å². The Labute approximate surface area is 195 Å². The average Bonchev–Trinajstić information content (AvgIpc) is 3.49. The molecule has 2 aliphatic rings. The van der Waals surface area contributed by atoms with Crippen molar-refractivity contribution in [1.29, 1.82) is 0 Å². The molecule has 2 fully saturated rings. The van der Waals surface area contributed by atoms with Gasteiger partial charge in [-0.05, 0) is 44.4 Å². The summed E-state index contributed by atoms with van der Waals surface area (Å²) in [6, 6.07) is 5.40. The quantitative estimate of drug-likeness (QED) is 0.539. The first-order valence-corrected chi connectivity index (χ1v) is 11.1. The number of fused-ring (bicyclic) bond motifs is 1. The lowest BCUT2D eigenvalue weighted by atomic mass is 10.0. The van der Waals surface area contributed by atoms with Gasteiger partial charge in [0.15, 0.2) is 11.5 Å². The van der Waals surface area contributed by atoms with Gasteiger partial charge in [-0.3, -0.25) is 4.79 Å². The van der Waals surface area contributed by atoms with Crippen LogP contribution in [0.2, 0.25) is 0 Å². The summed E-state index contributed by atoms with van der Waals surface area (Å²) in [6.45, 7) is 4.01. The number of pyridine rings is 1. The van der Waals surface area contributed by atoms with Crippen LogP contribution < -0.4 is 25.2 Å². The number of aromatic amines is 1. The van der Waals surface area contributed by atoms with Gasteiger partial charge in [0.2, 0.25) is 11.9 Å². The minimum absolute atomic E-state index is 0.132. The molecular weight excluding hydrogens is 440 g/mol. The number of ether oxygens (including phenoxy) is 3. The number of nitrogens with one attached hydrogen (secondary N) is 2. The summed E-state index contributed by atoms with van der Waals surface area (Å²) >= 11 is 0. The molecule has 5 rings (SSSR count). The summed E-state index contributed by atoms with van der Waals surface area (Å²) in [5, 5.41) is 4.16. The number of amides is 1. The number of carbonyl (C=O) groups is 1. The SMILES string of the molecule is CC[C@H]1COC(=O)N1c1nc(C)nc(NC2(c3cc4ccc(OC)c(OC)c4[nH]c3=O)CC2)n1. The molecule has 3 heterocycles. The fourth-order valence-electron chi connectivity index (χ4n) is 4.39. The van der Waals surface area contributed by atoms with Crippen LogP contribution in [-0.4, -0.2) is 52.9 Å². The molecule has 0 unspecified atom stereocenters. The van der Waals surface area contributed by atoms with Crippen LogP contribution in [0.4, 0.5) is 16.7 Å². The van der Waals surface area contributed by atoms with Gasteiger partial charge < -0.3 is 24.5 Å². The van der Waals surface area contributed by atoms with Gasteiger partial charge in [0.25, 0.3) is 5.56 Å². The van der Waals surface area contributed by atoms with Gasteiger partial charge >= 0.3 is 6.09 Å². The maximum atomic E-state index is 13.1. The minimum atomic E-state index is -0.615. The summed E-state index contributed by atoms with van der Waals surface area (Å²) in [4.78, 5) is 43.1. The molecule has 0 radical (unpaired) electrons. The highest BCUT2D eigenvalue weighted by atomic mass is 16.6. The van der Waals surface area contributed by atoms with Crippen LogP contribution in [-0.2, 0) is 10.3 Å². The van der Waals surface area contributed by atoms with Crippen molar-refractivity contribution in [3.05, 3.63) is 39.9 Å². The molecule has 1 amide bonds. The highest BCUT2D eigenvalue weighted by molar-refractivity contribution is 5.89. The molecule has 11 heteroatoms. The normalized spacial score (nSPS) is 18.6. The van der Waals surface area contributed by atoms with Gasteiger partial charge in [-0.2, -0.15) is 15.0 Å². The second-order valence-corrected chi connectivity index (χ2v) is 8.50. The van der Waals surface area contributed by atoms with Gasteiger partial charge in [0.05, 0.1) is 31.3 Å². The Morgan fingerprint density at radius 3 is 2.68 bits per heavy atom. The molecule has 1 aliphatic heterocycles. The second kappa shape index (κ2) is 8.15. The zero-order valence-electron chi connectivity index (χ0n) is 19.5. The Hall–Kier alpha value is -3.89. The highest BCUT2D eigenvalue weighted by Crippen LogP contribution is 2.47. The van der Waals surface area contributed by atoms with E-state index in [0.29, 0.717) is 47.4 Å². The van der Waals surface area contributed by atoms with Crippen LogP contribution >= 0.6 is 0 Å². The van der Waals surface area contributed by atoms with Crippen LogP contribution in [0.5, 0.6) is 11.5 Å². The third kappa shape index (κ3) is 3.57. The molecule has 2 N–H and O–H groups in total. The molecule has 178 valence electrons. The Morgan fingerprint density at radius 2 is 2.00 bits per heavy atom. The number of rotatable bonds is 7. The fourth-order valence-corrected chi connectivity index (χ4v) is 4.39. The summed E-state index contributed by atoms with van der Waals surface area (Å²) in [6.07, 6.45) is 1.71. The largest absolute Gasteiger partial charge is 0.493 e. The van der Waals surface area contributed by atoms with Crippen molar-refractivity contribution in [2.45, 2.75) is 44.7 Å². The maximum Gasteiger partial charge on any atom is 0.417 e. The van der Waals surface area contributed by atoms with Crippen molar-refractivity contribution in [2.24, 2.45) is 0 Å². The molecule has 1 atom stereocenters. The van der Waals surface area contributed by atoms with Crippen LogP contribution in [0.15, 0.2) is 23.0 Å². The number of methoxy groups -OCH3 is 2. The minimum Gasteiger partial charge on any atom is -0.493 e. The topological polar surface area (TPSA) is 132 Å². The molecule has 0 bridgehead atoms. The van der Waals surface area contributed by atoms with Crippen molar-refractivity contribution < 1.29 is 19.0 Å². The predicted molar refractivity (Wildman–Crippen MR) is 125 cm³/mol. The van der Waals surface area contributed by atoms with E-state index in [1.54, 1.807) is 20.1 Å². The molecular formula is C23H26N6O5. The number of benzene rings is 1. The zero-order chi connectivity index (χ0) is 24.0. The summed E-state index contributed by atoms with van der Waals surface area (Å²) in [5.74, 6) is 2.02. The summed E-state index contributed by atoms with van der Waals surface area (Å²) in [7, 11) is 3.09. The van der Waals surface area contributed by atoms with Crippen molar-refractivity contribution in [3.8, 4) is 11.5 Å². The zero-order valence-corrected chi connectivity index (χ0v) is 19.5. The highest BCUT2D eigenvalue weighted by Gasteiger charge is 2.47. The van der Waals surface area contributed by atoms with E-state index in [-0.39, 0.29) is 17.5 Å². The van der Waals surface area contributed by atoms with Crippen molar-refractivity contribution in [1.82, 2.24) is 19.9 Å².